The minimum absolute atomic E-state index is 0.261. The molecule has 0 aromatic carbocycles. The lowest BCUT2D eigenvalue weighted by atomic mass is 10.1. The summed E-state index contributed by atoms with van der Waals surface area (Å²) in [4.78, 5) is 2.30. The van der Waals surface area contributed by atoms with Gasteiger partial charge in [0, 0.05) is 24.9 Å². The quantitative estimate of drug-likeness (QED) is 0.772. The molecule has 1 N–H and O–H groups in total. The molecule has 0 radical (unpaired) electrons. The number of hydrogen-bond acceptors (Lipinski definition) is 4. The SMILES string of the molecule is CCCC1CN(CCS(=O)(=O)CC)CCCN1. The van der Waals surface area contributed by atoms with Gasteiger partial charge in [0.15, 0.2) is 9.84 Å². The lowest BCUT2D eigenvalue weighted by molar-refractivity contribution is 0.276. The van der Waals surface area contributed by atoms with Crippen LogP contribution in [0.1, 0.15) is 33.1 Å². The highest BCUT2D eigenvalue weighted by atomic mass is 32.2. The topological polar surface area (TPSA) is 49.4 Å². The van der Waals surface area contributed by atoms with Crippen LogP contribution in [0.2, 0.25) is 0 Å². The molecule has 102 valence electrons. The van der Waals surface area contributed by atoms with Crippen molar-refractivity contribution in [2.24, 2.45) is 0 Å². The molecule has 1 aliphatic heterocycles. The second-order valence-corrected chi connectivity index (χ2v) is 7.30. The molecule has 0 spiro atoms. The van der Waals surface area contributed by atoms with Gasteiger partial charge in [-0.1, -0.05) is 20.3 Å². The zero-order valence-electron chi connectivity index (χ0n) is 11.1. The fourth-order valence-corrected chi connectivity index (χ4v) is 3.06. The lowest BCUT2D eigenvalue weighted by Crippen LogP contribution is -2.39. The zero-order chi connectivity index (χ0) is 12.7. The third kappa shape index (κ3) is 5.84. The van der Waals surface area contributed by atoms with E-state index in [1.807, 2.05) is 0 Å². The van der Waals surface area contributed by atoms with Crippen LogP contribution in [0.15, 0.2) is 0 Å². The van der Waals surface area contributed by atoms with Crippen molar-refractivity contribution < 1.29 is 8.42 Å². The molecule has 1 aliphatic rings. The molecular weight excluding hydrogens is 236 g/mol. The summed E-state index contributed by atoms with van der Waals surface area (Å²) in [5.41, 5.74) is 0. The van der Waals surface area contributed by atoms with Gasteiger partial charge in [-0.15, -0.1) is 0 Å². The molecule has 0 aliphatic carbocycles. The van der Waals surface area contributed by atoms with Gasteiger partial charge in [0.1, 0.15) is 0 Å². The van der Waals surface area contributed by atoms with Gasteiger partial charge in [0.2, 0.25) is 0 Å². The lowest BCUT2D eigenvalue weighted by Gasteiger charge is -2.23. The van der Waals surface area contributed by atoms with Crippen LogP contribution < -0.4 is 5.32 Å². The van der Waals surface area contributed by atoms with Gasteiger partial charge in [0.25, 0.3) is 0 Å². The van der Waals surface area contributed by atoms with E-state index < -0.39 is 9.84 Å². The fourth-order valence-electron chi connectivity index (χ4n) is 2.23. The van der Waals surface area contributed by atoms with E-state index in [-0.39, 0.29) is 5.75 Å². The Morgan fingerprint density at radius 2 is 2.12 bits per heavy atom. The smallest absolute Gasteiger partial charge is 0.151 e. The first kappa shape index (κ1) is 14.9. The Kier molecular flexibility index (Phi) is 6.44. The summed E-state index contributed by atoms with van der Waals surface area (Å²) in [5, 5.41) is 3.53. The molecule has 1 heterocycles. The van der Waals surface area contributed by atoms with Crippen molar-refractivity contribution in [1.29, 1.82) is 0 Å². The van der Waals surface area contributed by atoms with E-state index in [4.69, 9.17) is 0 Å². The van der Waals surface area contributed by atoms with Gasteiger partial charge in [-0.3, -0.25) is 0 Å². The summed E-state index contributed by atoms with van der Waals surface area (Å²) < 4.78 is 23.0. The maximum atomic E-state index is 11.5. The molecule has 1 fully saturated rings. The fraction of sp³-hybridized carbons (Fsp3) is 1.00. The van der Waals surface area contributed by atoms with E-state index in [0.29, 0.717) is 18.3 Å². The molecular formula is C12H26N2O2S. The molecule has 1 rings (SSSR count). The third-order valence-corrected chi connectivity index (χ3v) is 5.04. The first-order valence-corrected chi connectivity index (χ1v) is 8.55. The van der Waals surface area contributed by atoms with Crippen LogP contribution in [-0.2, 0) is 9.84 Å². The van der Waals surface area contributed by atoms with Crippen molar-refractivity contribution >= 4 is 9.84 Å². The van der Waals surface area contributed by atoms with E-state index in [9.17, 15) is 8.42 Å². The van der Waals surface area contributed by atoms with Crippen molar-refractivity contribution in [2.75, 3.05) is 37.7 Å². The molecule has 0 aromatic rings. The molecule has 17 heavy (non-hydrogen) atoms. The summed E-state index contributed by atoms with van der Waals surface area (Å²) in [7, 11) is -2.82. The molecule has 0 aromatic heterocycles. The average Bonchev–Trinajstić information content (AvgIpc) is 2.53. The summed E-state index contributed by atoms with van der Waals surface area (Å²) in [6, 6.07) is 0.534. The van der Waals surface area contributed by atoms with E-state index in [1.54, 1.807) is 6.92 Å². The van der Waals surface area contributed by atoms with Gasteiger partial charge in [-0.2, -0.15) is 0 Å². The maximum absolute atomic E-state index is 11.5. The minimum atomic E-state index is -2.82. The van der Waals surface area contributed by atoms with Crippen molar-refractivity contribution in [1.82, 2.24) is 10.2 Å². The second-order valence-electron chi connectivity index (χ2n) is 4.83. The summed E-state index contributed by atoms with van der Waals surface area (Å²) >= 11 is 0. The number of nitrogens with zero attached hydrogens (tertiary/aromatic N) is 1. The van der Waals surface area contributed by atoms with E-state index in [1.165, 1.54) is 12.8 Å². The monoisotopic (exact) mass is 262 g/mol. The summed E-state index contributed by atoms with van der Waals surface area (Å²) in [5.74, 6) is 0.569. The molecule has 1 saturated heterocycles. The van der Waals surface area contributed by atoms with Gasteiger partial charge in [-0.25, -0.2) is 8.42 Å². The number of nitrogens with one attached hydrogen (secondary N) is 1. The molecule has 0 bridgehead atoms. The van der Waals surface area contributed by atoms with Gasteiger partial charge in [0.05, 0.1) is 5.75 Å². The highest BCUT2D eigenvalue weighted by Gasteiger charge is 2.18. The van der Waals surface area contributed by atoms with Gasteiger partial charge < -0.3 is 10.2 Å². The minimum Gasteiger partial charge on any atom is -0.313 e. The number of sulfone groups is 1. The van der Waals surface area contributed by atoms with Crippen LogP contribution >= 0.6 is 0 Å². The Hall–Kier alpha value is -0.130. The first-order chi connectivity index (χ1) is 8.07. The molecule has 1 unspecified atom stereocenters. The second kappa shape index (κ2) is 7.34. The van der Waals surface area contributed by atoms with Crippen molar-refractivity contribution in [3.05, 3.63) is 0 Å². The maximum Gasteiger partial charge on any atom is 0.151 e. The number of hydrogen-bond donors (Lipinski definition) is 1. The molecule has 0 saturated carbocycles. The predicted molar refractivity (Wildman–Crippen MR) is 72.1 cm³/mol. The summed E-state index contributed by atoms with van der Waals surface area (Å²) in [6.45, 7) is 7.68. The molecule has 1 atom stereocenters. The van der Waals surface area contributed by atoms with Gasteiger partial charge >= 0.3 is 0 Å². The van der Waals surface area contributed by atoms with Gasteiger partial charge in [-0.05, 0) is 25.9 Å². The number of rotatable bonds is 6. The van der Waals surface area contributed by atoms with Crippen LogP contribution in [0.4, 0.5) is 0 Å². The Morgan fingerprint density at radius 1 is 1.35 bits per heavy atom. The van der Waals surface area contributed by atoms with Crippen LogP contribution in [-0.4, -0.2) is 57.0 Å². The Morgan fingerprint density at radius 3 is 2.76 bits per heavy atom. The standard InChI is InChI=1S/C12H26N2O2S/c1-3-6-12-11-14(8-5-7-13-12)9-10-17(15,16)4-2/h12-13H,3-11H2,1-2H3. The van der Waals surface area contributed by atoms with Crippen LogP contribution in [0.25, 0.3) is 0 Å². The Bertz CT molecular complexity index is 304. The van der Waals surface area contributed by atoms with Crippen molar-refractivity contribution in [3.8, 4) is 0 Å². The van der Waals surface area contributed by atoms with Crippen LogP contribution in [0.3, 0.4) is 0 Å². The molecule has 0 amide bonds. The highest BCUT2D eigenvalue weighted by molar-refractivity contribution is 7.91. The van der Waals surface area contributed by atoms with E-state index in [2.05, 4.69) is 17.1 Å². The average molecular weight is 262 g/mol. The van der Waals surface area contributed by atoms with E-state index in [0.717, 1.165) is 26.1 Å². The Balaban J connectivity index is 2.41. The Labute approximate surface area is 106 Å². The molecule has 4 nitrogen and oxygen atoms in total. The highest BCUT2D eigenvalue weighted by Crippen LogP contribution is 2.06. The first-order valence-electron chi connectivity index (χ1n) is 6.73. The zero-order valence-corrected chi connectivity index (χ0v) is 11.9. The van der Waals surface area contributed by atoms with Crippen molar-refractivity contribution in [2.45, 2.75) is 39.2 Å². The predicted octanol–water partition coefficient (Wildman–Crippen LogP) is 0.885. The summed E-state index contributed by atoms with van der Waals surface area (Å²) in [6.07, 6.45) is 3.47. The normalized spacial score (nSPS) is 23.5. The molecule has 5 heteroatoms. The van der Waals surface area contributed by atoms with E-state index >= 15 is 0 Å². The largest absolute Gasteiger partial charge is 0.313 e. The third-order valence-electron chi connectivity index (χ3n) is 3.36. The van der Waals surface area contributed by atoms with Crippen LogP contribution in [0, 0.1) is 0 Å². The van der Waals surface area contributed by atoms with Crippen LogP contribution in [0.5, 0.6) is 0 Å². The van der Waals surface area contributed by atoms with Crippen molar-refractivity contribution in [3.63, 3.8) is 0 Å².